The van der Waals surface area contributed by atoms with E-state index in [-0.39, 0.29) is 0 Å². The molecule has 28 heavy (non-hydrogen) atoms. The van der Waals surface area contributed by atoms with Crippen LogP contribution in [-0.2, 0) is 0 Å². The smallest absolute Gasteiger partial charge is 0.150 e. The largest absolute Gasteiger partial charge is 0.324 e. The molecule has 2 aromatic carbocycles. The molecule has 2 aromatic rings. The minimum absolute atomic E-state index is 0.666. The zero-order valence-electron chi connectivity index (χ0n) is 15.1. The molecule has 2 aliphatic rings. The third kappa shape index (κ3) is 3.62. The number of carbonyl (C=O) groups excluding carboxylic acids is 2. The van der Waals surface area contributed by atoms with E-state index in [1.54, 1.807) is 24.3 Å². The van der Waals surface area contributed by atoms with Crippen LogP contribution in [0.3, 0.4) is 0 Å². The van der Waals surface area contributed by atoms with Crippen LogP contribution in [0.15, 0.2) is 109 Å². The summed E-state index contributed by atoms with van der Waals surface area (Å²) in [6.07, 6.45) is 18.0. The first kappa shape index (κ1) is 17.5. The topological polar surface area (TPSA) is 40.6 Å². The Morgan fingerprint density at radius 2 is 0.821 bits per heavy atom. The molecule has 0 amide bonds. The van der Waals surface area contributed by atoms with Gasteiger partial charge in [-0.25, -0.2) is 0 Å². The fourth-order valence-electron chi connectivity index (χ4n) is 3.03. The van der Waals surface area contributed by atoms with Gasteiger partial charge in [-0.1, -0.05) is 0 Å². The highest BCUT2D eigenvalue weighted by atomic mass is 16.1. The van der Waals surface area contributed by atoms with Crippen LogP contribution in [0.2, 0.25) is 0 Å². The van der Waals surface area contributed by atoms with Gasteiger partial charge >= 0.3 is 0 Å². The molecule has 0 N–H and O–H groups in total. The molecule has 0 saturated heterocycles. The lowest BCUT2D eigenvalue weighted by Crippen LogP contribution is -2.12. The van der Waals surface area contributed by atoms with Gasteiger partial charge in [0.05, 0.1) is 0 Å². The molecule has 0 fully saturated rings. The van der Waals surface area contributed by atoms with Crippen LogP contribution in [0.5, 0.6) is 0 Å². The van der Waals surface area contributed by atoms with Gasteiger partial charge in [0.2, 0.25) is 0 Å². The van der Waals surface area contributed by atoms with Crippen LogP contribution < -0.4 is 9.80 Å². The minimum atomic E-state index is 0.666. The minimum Gasteiger partial charge on any atom is -0.324 e. The highest BCUT2D eigenvalue weighted by molar-refractivity contribution is 5.77. The summed E-state index contributed by atoms with van der Waals surface area (Å²) < 4.78 is 0. The number of nitrogens with zero attached hydrogens (tertiary/aromatic N) is 2. The van der Waals surface area contributed by atoms with Gasteiger partial charge < -0.3 is 9.80 Å². The van der Waals surface area contributed by atoms with Gasteiger partial charge in [0.15, 0.2) is 0 Å². The maximum absolute atomic E-state index is 10.8. The van der Waals surface area contributed by atoms with Crippen molar-refractivity contribution < 1.29 is 9.59 Å². The predicted molar refractivity (Wildman–Crippen MR) is 112 cm³/mol. The molecule has 2 aliphatic heterocycles. The lowest BCUT2D eigenvalue weighted by Gasteiger charge is -2.22. The zero-order chi connectivity index (χ0) is 19.3. The molecule has 0 aliphatic carbocycles. The third-order valence-corrected chi connectivity index (χ3v) is 4.65. The lowest BCUT2D eigenvalue weighted by atomic mass is 10.0. The number of rotatable bonds is 4. The van der Waals surface area contributed by atoms with Crippen LogP contribution in [0, 0.1) is 0 Å². The van der Waals surface area contributed by atoms with Crippen molar-refractivity contribution in [3.05, 3.63) is 120 Å². The first-order chi connectivity index (χ1) is 13.8. The highest BCUT2D eigenvalue weighted by Gasteiger charge is 2.09. The molecular formula is C24H18N2O2. The van der Waals surface area contributed by atoms with Crippen molar-refractivity contribution in [2.45, 2.75) is 0 Å². The molecule has 2 heterocycles. The predicted octanol–water partition coefficient (Wildman–Crippen LogP) is 5.00. The second-order valence-corrected chi connectivity index (χ2v) is 6.41. The molecule has 4 rings (SSSR count). The average molecular weight is 366 g/mol. The molecule has 0 bridgehead atoms. The molecule has 136 valence electrons. The number of benzene rings is 2. The highest BCUT2D eigenvalue weighted by Crippen LogP contribution is 2.25. The molecular weight excluding hydrogens is 348 g/mol. The number of allylic oxidation sites excluding steroid dienone is 6. The van der Waals surface area contributed by atoms with Gasteiger partial charge in [0.25, 0.3) is 0 Å². The Hall–Kier alpha value is -3.92. The van der Waals surface area contributed by atoms with E-state index in [1.165, 1.54) is 0 Å². The molecule has 4 heteroatoms. The number of anilines is 2. The summed E-state index contributed by atoms with van der Waals surface area (Å²) in [4.78, 5) is 25.6. The maximum Gasteiger partial charge on any atom is 0.150 e. The normalized spacial score (nSPS) is 15.3. The van der Waals surface area contributed by atoms with E-state index in [1.807, 2.05) is 58.9 Å². The summed E-state index contributed by atoms with van der Waals surface area (Å²) in [7, 11) is 0. The number of hydrogen-bond acceptors (Lipinski definition) is 4. The van der Waals surface area contributed by atoms with Crippen molar-refractivity contribution in [2.24, 2.45) is 0 Å². The van der Waals surface area contributed by atoms with Crippen LogP contribution >= 0.6 is 0 Å². The Morgan fingerprint density at radius 3 is 1.11 bits per heavy atom. The summed E-state index contributed by atoms with van der Waals surface area (Å²) in [5, 5.41) is 0. The SMILES string of the molecule is O=Cc1ccc(N2C=CC(=C3C=CN(c4ccc(C=O)cc4)C=C3)C=C2)cc1. The second-order valence-electron chi connectivity index (χ2n) is 6.41. The Kier molecular flexibility index (Phi) is 4.85. The molecule has 0 saturated carbocycles. The van der Waals surface area contributed by atoms with Gasteiger partial charge in [-0.05, 0) is 84.0 Å². The Labute approximate surface area is 163 Å². The standard InChI is InChI=1S/C24H18N2O2/c27-17-19-1-5-23(6-2-19)25-13-9-21(10-14-25)22-11-15-26(16-12-22)24-7-3-20(18-28)4-8-24/h1-18H. The van der Waals surface area contributed by atoms with Gasteiger partial charge in [0, 0.05) is 47.3 Å². The van der Waals surface area contributed by atoms with Crippen molar-refractivity contribution in [1.82, 2.24) is 0 Å². The van der Waals surface area contributed by atoms with Crippen molar-refractivity contribution in [2.75, 3.05) is 9.80 Å². The molecule has 0 atom stereocenters. The molecule has 4 nitrogen and oxygen atoms in total. The second kappa shape index (κ2) is 7.76. The molecule has 0 spiro atoms. The van der Waals surface area contributed by atoms with Crippen molar-refractivity contribution in [3.63, 3.8) is 0 Å². The van der Waals surface area contributed by atoms with Crippen LogP contribution in [0.1, 0.15) is 20.7 Å². The van der Waals surface area contributed by atoms with Crippen molar-refractivity contribution in [1.29, 1.82) is 0 Å². The summed E-state index contributed by atoms with van der Waals surface area (Å²) >= 11 is 0. The Morgan fingerprint density at radius 1 is 0.500 bits per heavy atom. The Bertz CT molecular complexity index is 922. The fourth-order valence-corrected chi connectivity index (χ4v) is 3.03. The van der Waals surface area contributed by atoms with Crippen LogP contribution in [-0.4, -0.2) is 12.6 Å². The summed E-state index contributed by atoms with van der Waals surface area (Å²) in [6.45, 7) is 0. The third-order valence-electron chi connectivity index (χ3n) is 4.65. The first-order valence-electron chi connectivity index (χ1n) is 8.91. The summed E-state index contributed by atoms with van der Waals surface area (Å²) in [5.74, 6) is 0. The quantitative estimate of drug-likeness (QED) is 0.714. The Balaban J connectivity index is 1.47. The maximum atomic E-state index is 10.8. The van der Waals surface area contributed by atoms with E-state index in [2.05, 4.69) is 24.3 Å². The van der Waals surface area contributed by atoms with Gasteiger partial charge in [-0.15, -0.1) is 0 Å². The van der Waals surface area contributed by atoms with Crippen molar-refractivity contribution >= 4 is 23.9 Å². The molecule has 0 radical (unpaired) electrons. The van der Waals surface area contributed by atoms with Crippen molar-refractivity contribution in [3.8, 4) is 0 Å². The zero-order valence-corrected chi connectivity index (χ0v) is 15.1. The van der Waals surface area contributed by atoms with Gasteiger partial charge in [-0.2, -0.15) is 0 Å². The average Bonchev–Trinajstić information content (AvgIpc) is 2.79. The van der Waals surface area contributed by atoms with Crippen LogP contribution in [0.25, 0.3) is 0 Å². The fraction of sp³-hybridized carbons (Fsp3) is 0. The summed E-state index contributed by atoms with van der Waals surface area (Å²) in [6, 6.07) is 14.9. The van der Waals surface area contributed by atoms with E-state index >= 15 is 0 Å². The van der Waals surface area contributed by atoms with E-state index in [0.29, 0.717) is 11.1 Å². The van der Waals surface area contributed by atoms with E-state index < -0.39 is 0 Å². The van der Waals surface area contributed by atoms with E-state index in [9.17, 15) is 9.59 Å². The summed E-state index contributed by atoms with van der Waals surface area (Å²) in [5.41, 5.74) is 5.57. The van der Waals surface area contributed by atoms with Gasteiger partial charge in [0.1, 0.15) is 12.6 Å². The lowest BCUT2D eigenvalue weighted by molar-refractivity contribution is 0.111. The van der Waals surface area contributed by atoms with Gasteiger partial charge in [-0.3, -0.25) is 9.59 Å². The number of carbonyl (C=O) groups is 2. The first-order valence-corrected chi connectivity index (χ1v) is 8.91. The molecule has 0 unspecified atom stereocenters. The van der Waals surface area contributed by atoms with E-state index in [4.69, 9.17) is 0 Å². The number of aldehydes is 2. The van der Waals surface area contributed by atoms with E-state index in [0.717, 1.165) is 35.1 Å². The molecule has 0 aromatic heterocycles. The number of hydrogen-bond donors (Lipinski definition) is 0. The van der Waals surface area contributed by atoms with Crippen LogP contribution in [0.4, 0.5) is 11.4 Å². The monoisotopic (exact) mass is 366 g/mol.